The average molecular weight is 185 g/mol. The summed E-state index contributed by atoms with van der Waals surface area (Å²) in [4.78, 5) is 21.6. The number of amides is 1. The Bertz CT molecular complexity index is 259. The second-order valence-electron chi connectivity index (χ2n) is 2.80. The number of carbonyl (C=O) groups is 2. The summed E-state index contributed by atoms with van der Waals surface area (Å²) in [6.45, 7) is 1.90. The van der Waals surface area contributed by atoms with Gasteiger partial charge in [-0.1, -0.05) is 0 Å². The number of hydrogen-bond donors (Lipinski definition) is 2. The minimum absolute atomic E-state index is 0.368. The third kappa shape index (κ3) is 2.47. The highest BCUT2D eigenvalue weighted by molar-refractivity contribution is 5.95. The highest BCUT2D eigenvalue weighted by Crippen LogP contribution is 2.09. The molecule has 2 N–H and O–H groups in total. The molecule has 5 heteroatoms. The molecule has 5 nitrogen and oxygen atoms in total. The number of nitrogens with one attached hydrogen (secondary N) is 1. The fourth-order valence-electron chi connectivity index (χ4n) is 0.905. The molecule has 0 aliphatic carbocycles. The topological polar surface area (TPSA) is 75.6 Å². The van der Waals surface area contributed by atoms with Crippen LogP contribution < -0.4 is 5.32 Å². The Morgan fingerprint density at radius 2 is 2.38 bits per heavy atom. The standard InChI is InChI=1S/C8H11NO4/c1-5(8(11)12)9-7(10)6-2-3-13-4-6/h4-5H,2-3H2,1H3,(H,9,10)(H,11,12)/t5-/m1/s1. The maximum Gasteiger partial charge on any atom is 0.325 e. The first-order valence-corrected chi connectivity index (χ1v) is 3.95. The minimum atomic E-state index is -1.05. The first-order chi connectivity index (χ1) is 6.11. The molecule has 0 saturated carbocycles. The fourth-order valence-corrected chi connectivity index (χ4v) is 0.905. The zero-order valence-electron chi connectivity index (χ0n) is 7.24. The van der Waals surface area contributed by atoms with Crippen LogP contribution in [0.25, 0.3) is 0 Å². The van der Waals surface area contributed by atoms with Gasteiger partial charge in [0.05, 0.1) is 18.4 Å². The van der Waals surface area contributed by atoms with Crippen LogP contribution in [0.15, 0.2) is 11.8 Å². The van der Waals surface area contributed by atoms with Gasteiger partial charge in [-0.15, -0.1) is 0 Å². The first kappa shape index (κ1) is 9.57. The Kier molecular flexibility index (Phi) is 2.89. The predicted molar refractivity (Wildman–Crippen MR) is 43.9 cm³/mol. The lowest BCUT2D eigenvalue weighted by Gasteiger charge is -2.08. The van der Waals surface area contributed by atoms with Crippen molar-refractivity contribution in [1.29, 1.82) is 0 Å². The largest absolute Gasteiger partial charge is 0.500 e. The fraction of sp³-hybridized carbons (Fsp3) is 0.500. The molecule has 0 aromatic heterocycles. The molecular formula is C8H11NO4. The molecule has 13 heavy (non-hydrogen) atoms. The van der Waals surface area contributed by atoms with Crippen LogP contribution in [-0.4, -0.2) is 29.6 Å². The number of carboxylic acid groups (broad SMARTS) is 1. The van der Waals surface area contributed by atoms with Gasteiger partial charge in [-0.2, -0.15) is 0 Å². The van der Waals surface area contributed by atoms with Crippen LogP contribution in [0, 0.1) is 0 Å². The molecule has 0 radical (unpaired) electrons. The van der Waals surface area contributed by atoms with Gasteiger partial charge in [0.1, 0.15) is 6.04 Å². The quantitative estimate of drug-likeness (QED) is 0.642. The molecule has 1 aliphatic rings. The monoisotopic (exact) mass is 185 g/mol. The van der Waals surface area contributed by atoms with Crippen molar-refractivity contribution < 1.29 is 19.4 Å². The summed E-state index contributed by atoms with van der Waals surface area (Å²) in [5.41, 5.74) is 0.494. The zero-order chi connectivity index (χ0) is 9.84. The van der Waals surface area contributed by atoms with E-state index in [1.54, 1.807) is 0 Å². The number of ether oxygens (including phenoxy) is 1. The summed E-state index contributed by atoms with van der Waals surface area (Å²) in [6, 6.07) is -0.867. The number of carboxylic acids is 1. The molecule has 0 saturated heterocycles. The van der Waals surface area contributed by atoms with Crippen molar-refractivity contribution in [2.24, 2.45) is 0 Å². The van der Waals surface area contributed by atoms with E-state index in [-0.39, 0.29) is 5.91 Å². The summed E-state index contributed by atoms with van der Waals surface area (Å²) < 4.78 is 4.85. The smallest absolute Gasteiger partial charge is 0.325 e. The van der Waals surface area contributed by atoms with E-state index >= 15 is 0 Å². The molecule has 1 rings (SSSR count). The van der Waals surface area contributed by atoms with Crippen LogP contribution in [0.3, 0.4) is 0 Å². The van der Waals surface area contributed by atoms with Crippen LogP contribution in [-0.2, 0) is 14.3 Å². The van der Waals surface area contributed by atoms with E-state index in [0.717, 1.165) is 0 Å². The van der Waals surface area contributed by atoms with Crippen molar-refractivity contribution in [2.45, 2.75) is 19.4 Å². The van der Waals surface area contributed by atoms with E-state index in [2.05, 4.69) is 5.32 Å². The summed E-state index contributed by atoms with van der Waals surface area (Å²) in [7, 11) is 0. The molecule has 1 aliphatic heterocycles. The van der Waals surface area contributed by atoms with Gasteiger partial charge in [0.25, 0.3) is 5.91 Å². The van der Waals surface area contributed by atoms with Crippen LogP contribution in [0.4, 0.5) is 0 Å². The highest BCUT2D eigenvalue weighted by atomic mass is 16.5. The third-order valence-corrected chi connectivity index (χ3v) is 1.72. The summed E-state index contributed by atoms with van der Waals surface area (Å²) in [5, 5.41) is 10.8. The number of rotatable bonds is 3. The molecule has 0 aromatic rings. The summed E-state index contributed by atoms with van der Waals surface area (Å²) in [6.07, 6.45) is 1.90. The first-order valence-electron chi connectivity index (χ1n) is 3.95. The van der Waals surface area contributed by atoms with E-state index in [4.69, 9.17) is 9.84 Å². The molecule has 0 unspecified atom stereocenters. The molecule has 72 valence electrons. The lowest BCUT2D eigenvalue weighted by molar-refractivity contribution is -0.140. The Hall–Kier alpha value is -1.52. The zero-order valence-corrected chi connectivity index (χ0v) is 7.24. The van der Waals surface area contributed by atoms with E-state index in [1.165, 1.54) is 13.2 Å². The van der Waals surface area contributed by atoms with E-state index < -0.39 is 12.0 Å². The lowest BCUT2D eigenvalue weighted by Crippen LogP contribution is -2.38. The van der Waals surface area contributed by atoms with Gasteiger partial charge in [0, 0.05) is 6.42 Å². The van der Waals surface area contributed by atoms with Gasteiger partial charge in [0.2, 0.25) is 0 Å². The van der Waals surface area contributed by atoms with Gasteiger partial charge in [-0.3, -0.25) is 9.59 Å². The predicted octanol–water partition coefficient (Wildman–Crippen LogP) is -0.120. The Morgan fingerprint density at radius 3 is 2.85 bits per heavy atom. The normalized spacial score (nSPS) is 17.2. The molecule has 1 heterocycles. The van der Waals surface area contributed by atoms with Crippen LogP contribution >= 0.6 is 0 Å². The van der Waals surface area contributed by atoms with Crippen LogP contribution in [0.5, 0.6) is 0 Å². The van der Waals surface area contributed by atoms with Crippen molar-refractivity contribution in [3.8, 4) is 0 Å². The Labute approximate surface area is 75.4 Å². The van der Waals surface area contributed by atoms with Crippen molar-refractivity contribution in [1.82, 2.24) is 5.32 Å². The maximum absolute atomic E-state index is 11.2. The van der Waals surface area contributed by atoms with Gasteiger partial charge >= 0.3 is 5.97 Å². The van der Waals surface area contributed by atoms with Crippen molar-refractivity contribution in [2.75, 3.05) is 6.61 Å². The second-order valence-corrected chi connectivity index (χ2v) is 2.80. The molecule has 0 fully saturated rings. The number of aliphatic carboxylic acids is 1. The molecule has 0 spiro atoms. The van der Waals surface area contributed by atoms with Crippen molar-refractivity contribution in [3.05, 3.63) is 11.8 Å². The van der Waals surface area contributed by atoms with E-state index in [9.17, 15) is 9.59 Å². The van der Waals surface area contributed by atoms with Gasteiger partial charge in [0.15, 0.2) is 0 Å². The average Bonchev–Trinajstić information content (AvgIpc) is 2.55. The molecule has 1 amide bonds. The van der Waals surface area contributed by atoms with Crippen LogP contribution in [0.2, 0.25) is 0 Å². The number of hydrogen-bond acceptors (Lipinski definition) is 3. The van der Waals surface area contributed by atoms with Gasteiger partial charge < -0.3 is 15.2 Å². The molecule has 0 aromatic carbocycles. The summed E-state index contributed by atoms with van der Waals surface area (Å²) in [5.74, 6) is -1.42. The van der Waals surface area contributed by atoms with Gasteiger partial charge in [-0.05, 0) is 6.92 Å². The third-order valence-electron chi connectivity index (χ3n) is 1.72. The van der Waals surface area contributed by atoms with Crippen molar-refractivity contribution >= 4 is 11.9 Å². The van der Waals surface area contributed by atoms with E-state index in [1.807, 2.05) is 0 Å². The van der Waals surface area contributed by atoms with E-state index in [0.29, 0.717) is 18.6 Å². The van der Waals surface area contributed by atoms with Crippen LogP contribution in [0.1, 0.15) is 13.3 Å². The lowest BCUT2D eigenvalue weighted by atomic mass is 10.2. The van der Waals surface area contributed by atoms with Crippen molar-refractivity contribution in [3.63, 3.8) is 0 Å². The van der Waals surface area contributed by atoms with Gasteiger partial charge in [-0.25, -0.2) is 0 Å². The molecular weight excluding hydrogens is 174 g/mol. The minimum Gasteiger partial charge on any atom is -0.500 e. The Balaban J connectivity index is 2.45. The highest BCUT2D eigenvalue weighted by Gasteiger charge is 2.19. The molecule has 0 bridgehead atoms. The SMILES string of the molecule is C[C@@H](NC(=O)C1=COCC1)C(=O)O. The molecule has 1 atom stereocenters. The second kappa shape index (κ2) is 3.93. The number of carbonyl (C=O) groups excluding carboxylic acids is 1. The maximum atomic E-state index is 11.2. The Morgan fingerprint density at radius 1 is 1.69 bits per heavy atom. The summed E-state index contributed by atoms with van der Waals surface area (Å²) >= 11 is 0.